The summed E-state index contributed by atoms with van der Waals surface area (Å²) < 4.78 is 5.63. The Balaban J connectivity index is 0.00000144. The Morgan fingerprint density at radius 1 is 1.33 bits per heavy atom. The summed E-state index contributed by atoms with van der Waals surface area (Å²) in [6.07, 6.45) is 4.68. The van der Waals surface area contributed by atoms with Crippen molar-refractivity contribution in [1.82, 2.24) is 20.2 Å². The molecule has 1 aromatic heterocycles. The van der Waals surface area contributed by atoms with Gasteiger partial charge in [0, 0.05) is 43.6 Å². The number of amides is 1. The zero-order valence-corrected chi connectivity index (χ0v) is 14.8. The average molecular weight is 371 g/mol. The summed E-state index contributed by atoms with van der Waals surface area (Å²) in [6, 6.07) is 7.34. The normalized spacial score (nSPS) is 16.5. The van der Waals surface area contributed by atoms with Crippen LogP contribution in [-0.4, -0.2) is 46.5 Å². The van der Waals surface area contributed by atoms with Gasteiger partial charge in [0.25, 0.3) is 5.91 Å². The van der Waals surface area contributed by atoms with Crippen LogP contribution in [0.1, 0.15) is 17.3 Å². The van der Waals surface area contributed by atoms with Crippen LogP contribution in [0.25, 0.3) is 0 Å². The minimum atomic E-state index is 0. The van der Waals surface area contributed by atoms with Crippen molar-refractivity contribution < 1.29 is 9.53 Å². The van der Waals surface area contributed by atoms with E-state index in [4.69, 9.17) is 4.74 Å². The summed E-state index contributed by atoms with van der Waals surface area (Å²) in [5.74, 6) is 1.01. The molecular formula is C16H20Cl2N4O2. The molecule has 1 atom stereocenters. The number of halogens is 2. The maximum Gasteiger partial charge on any atom is 0.254 e. The number of piperazine rings is 1. The van der Waals surface area contributed by atoms with Crippen molar-refractivity contribution in [1.29, 1.82) is 0 Å². The van der Waals surface area contributed by atoms with Gasteiger partial charge in [-0.3, -0.25) is 9.78 Å². The largest absolute Gasteiger partial charge is 0.437 e. The topological polar surface area (TPSA) is 67.4 Å². The summed E-state index contributed by atoms with van der Waals surface area (Å²) in [5.41, 5.74) is 0.621. The van der Waals surface area contributed by atoms with Gasteiger partial charge in [-0.1, -0.05) is 6.07 Å². The molecule has 1 fully saturated rings. The Morgan fingerprint density at radius 3 is 2.88 bits per heavy atom. The summed E-state index contributed by atoms with van der Waals surface area (Å²) in [7, 11) is 0. The Hall–Kier alpha value is -1.89. The molecule has 1 amide bonds. The Morgan fingerprint density at radius 2 is 2.17 bits per heavy atom. The fraction of sp³-hybridized carbons (Fsp3) is 0.312. The van der Waals surface area contributed by atoms with Gasteiger partial charge < -0.3 is 15.0 Å². The lowest BCUT2D eigenvalue weighted by Gasteiger charge is -2.34. The van der Waals surface area contributed by atoms with Crippen LogP contribution in [-0.2, 0) is 0 Å². The highest BCUT2D eigenvalue weighted by atomic mass is 35.5. The molecule has 0 bridgehead atoms. The maximum absolute atomic E-state index is 12.6. The fourth-order valence-electron chi connectivity index (χ4n) is 2.46. The maximum atomic E-state index is 12.6. The molecule has 0 aliphatic carbocycles. The van der Waals surface area contributed by atoms with Crippen molar-refractivity contribution in [3.05, 3.63) is 48.4 Å². The first kappa shape index (κ1) is 20.2. The smallest absolute Gasteiger partial charge is 0.254 e. The quantitative estimate of drug-likeness (QED) is 0.898. The van der Waals surface area contributed by atoms with Crippen LogP contribution in [0.2, 0.25) is 0 Å². The van der Waals surface area contributed by atoms with Crippen LogP contribution in [0.3, 0.4) is 0 Å². The number of hydrogen-bond acceptors (Lipinski definition) is 5. The molecule has 8 heteroatoms. The van der Waals surface area contributed by atoms with E-state index in [0.29, 0.717) is 17.2 Å². The van der Waals surface area contributed by atoms with Gasteiger partial charge in [-0.05, 0) is 25.1 Å². The molecule has 1 aliphatic heterocycles. The molecule has 3 rings (SSSR count). The van der Waals surface area contributed by atoms with E-state index in [0.717, 1.165) is 19.6 Å². The van der Waals surface area contributed by atoms with Crippen LogP contribution < -0.4 is 10.1 Å². The Bertz CT molecular complexity index is 658. The molecule has 1 aromatic carbocycles. The number of aromatic nitrogens is 2. The molecular weight excluding hydrogens is 351 g/mol. The predicted octanol–water partition coefficient (Wildman–Crippen LogP) is 2.55. The van der Waals surface area contributed by atoms with Crippen molar-refractivity contribution in [3.63, 3.8) is 0 Å². The van der Waals surface area contributed by atoms with E-state index in [1.165, 1.54) is 6.20 Å². The van der Waals surface area contributed by atoms with Gasteiger partial charge in [0.15, 0.2) is 0 Å². The minimum Gasteiger partial charge on any atom is -0.437 e. The van der Waals surface area contributed by atoms with E-state index in [1.807, 2.05) is 17.9 Å². The molecule has 130 valence electrons. The molecule has 0 saturated carbocycles. The van der Waals surface area contributed by atoms with Crippen LogP contribution in [0.15, 0.2) is 42.9 Å². The lowest BCUT2D eigenvalue weighted by atomic mass is 10.1. The summed E-state index contributed by atoms with van der Waals surface area (Å²) in [6.45, 7) is 4.41. The lowest BCUT2D eigenvalue weighted by molar-refractivity contribution is 0.0655. The van der Waals surface area contributed by atoms with Crippen molar-refractivity contribution >= 4 is 30.7 Å². The number of benzene rings is 1. The van der Waals surface area contributed by atoms with Gasteiger partial charge in [-0.15, -0.1) is 24.8 Å². The molecule has 24 heavy (non-hydrogen) atoms. The molecule has 2 aromatic rings. The highest BCUT2D eigenvalue weighted by molar-refractivity contribution is 5.95. The highest BCUT2D eigenvalue weighted by Gasteiger charge is 2.24. The molecule has 0 radical (unpaired) electrons. The van der Waals surface area contributed by atoms with E-state index < -0.39 is 0 Å². The van der Waals surface area contributed by atoms with E-state index in [2.05, 4.69) is 15.3 Å². The van der Waals surface area contributed by atoms with Gasteiger partial charge >= 0.3 is 0 Å². The molecule has 0 spiro atoms. The van der Waals surface area contributed by atoms with E-state index in [9.17, 15) is 4.79 Å². The van der Waals surface area contributed by atoms with Gasteiger partial charge in [-0.2, -0.15) is 0 Å². The van der Waals surface area contributed by atoms with Crippen molar-refractivity contribution in [2.75, 3.05) is 19.6 Å². The molecule has 6 nitrogen and oxygen atoms in total. The van der Waals surface area contributed by atoms with E-state index >= 15 is 0 Å². The van der Waals surface area contributed by atoms with Gasteiger partial charge in [0.05, 0.1) is 6.20 Å². The van der Waals surface area contributed by atoms with Crippen LogP contribution in [0, 0.1) is 0 Å². The SMILES string of the molecule is C[C@@H]1CNCCN1C(=O)c1cccc(Oc2cnccn2)c1.Cl.Cl. The van der Waals surface area contributed by atoms with Gasteiger partial charge in [0.2, 0.25) is 5.88 Å². The second-order valence-corrected chi connectivity index (χ2v) is 5.23. The van der Waals surface area contributed by atoms with Gasteiger partial charge in [-0.25, -0.2) is 4.98 Å². The zero-order valence-electron chi connectivity index (χ0n) is 13.2. The number of nitrogens with zero attached hydrogens (tertiary/aromatic N) is 3. The third-order valence-corrected chi connectivity index (χ3v) is 3.61. The van der Waals surface area contributed by atoms with E-state index in [-0.39, 0.29) is 36.8 Å². The molecule has 0 unspecified atom stereocenters. The van der Waals surface area contributed by atoms with Crippen molar-refractivity contribution in [2.24, 2.45) is 0 Å². The van der Waals surface area contributed by atoms with Crippen LogP contribution >= 0.6 is 24.8 Å². The van der Waals surface area contributed by atoms with Crippen molar-refractivity contribution in [2.45, 2.75) is 13.0 Å². The molecule has 2 heterocycles. The van der Waals surface area contributed by atoms with Crippen LogP contribution in [0.5, 0.6) is 11.6 Å². The first-order chi connectivity index (χ1) is 10.7. The third kappa shape index (κ3) is 4.80. The highest BCUT2D eigenvalue weighted by Crippen LogP contribution is 2.21. The third-order valence-electron chi connectivity index (χ3n) is 3.61. The summed E-state index contributed by atoms with van der Waals surface area (Å²) in [4.78, 5) is 22.5. The first-order valence-corrected chi connectivity index (χ1v) is 7.29. The number of nitrogens with one attached hydrogen (secondary N) is 1. The van der Waals surface area contributed by atoms with Crippen molar-refractivity contribution in [3.8, 4) is 11.6 Å². The standard InChI is InChI=1S/C16H18N4O2.2ClH/c1-12-10-18-7-8-20(12)16(21)13-3-2-4-14(9-13)22-15-11-17-5-6-19-15;;/h2-6,9,11-12,18H,7-8,10H2,1H3;2*1H/t12-;;/m1../s1. The average Bonchev–Trinajstić information content (AvgIpc) is 2.56. The minimum absolute atomic E-state index is 0. The molecule has 1 N–H and O–H groups in total. The summed E-state index contributed by atoms with van der Waals surface area (Å²) >= 11 is 0. The number of carbonyl (C=O) groups is 1. The lowest BCUT2D eigenvalue weighted by Crippen LogP contribution is -2.52. The Kier molecular flexibility index (Phi) is 7.91. The number of hydrogen-bond donors (Lipinski definition) is 1. The monoisotopic (exact) mass is 370 g/mol. The zero-order chi connectivity index (χ0) is 15.4. The fourth-order valence-corrected chi connectivity index (χ4v) is 2.46. The van der Waals surface area contributed by atoms with E-state index in [1.54, 1.807) is 30.6 Å². The number of carbonyl (C=O) groups excluding carboxylic acids is 1. The Labute approximate surface area is 153 Å². The summed E-state index contributed by atoms with van der Waals surface area (Å²) in [5, 5.41) is 3.28. The predicted molar refractivity (Wildman–Crippen MR) is 96.4 cm³/mol. The number of ether oxygens (including phenoxy) is 1. The number of rotatable bonds is 3. The van der Waals surface area contributed by atoms with Gasteiger partial charge in [0.1, 0.15) is 5.75 Å². The first-order valence-electron chi connectivity index (χ1n) is 7.29. The molecule has 1 aliphatic rings. The van der Waals surface area contributed by atoms with Crippen LogP contribution in [0.4, 0.5) is 0 Å². The molecule has 1 saturated heterocycles. The second-order valence-electron chi connectivity index (χ2n) is 5.23. The second kappa shape index (κ2) is 9.42.